The fourth-order valence-corrected chi connectivity index (χ4v) is 4.16. The SMILES string of the molecule is c1ccc(N=Nc2ccc(-c3ccnc(-c4cc(-c5ccc(N=Nc6ccccc6)cc5)ccn4)c3)cc2)cc1. The zero-order chi connectivity index (χ0) is 27.0. The standard InChI is InChI=1S/C34H24N6/c1-3-7-29(8-4-1)37-39-31-15-11-25(12-16-31)27-19-21-35-33(23-27)34-24-28(20-22-36-34)26-13-17-32(18-14-26)40-38-30-9-5-2-6-10-30/h1-24H. The third-order valence-electron chi connectivity index (χ3n) is 6.26. The molecule has 6 heteroatoms. The van der Waals surface area contributed by atoms with E-state index in [0.29, 0.717) is 0 Å². The first-order valence-electron chi connectivity index (χ1n) is 12.9. The zero-order valence-electron chi connectivity index (χ0n) is 21.5. The Bertz CT molecular complexity index is 1630. The molecule has 0 N–H and O–H groups in total. The molecule has 0 unspecified atom stereocenters. The molecular formula is C34H24N6. The molecule has 0 aliphatic carbocycles. The third kappa shape index (κ3) is 6.09. The minimum absolute atomic E-state index is 0.795. The number of nitrogens with zero attached hydrogens (tertiary/aromatic N) is 6. The molecule has 0 atom stereocenters. The van der Waals surface area contributed by atoms with Crippen molar-refractivity contribution in [2.24, 2.45) is 20.5 Å². The molecule has 2 heterocycles. The molecule has 0 radical (unpaired) electrons. The molecule has 0 aliphatic heterocycles. The molecular weight excluding hydrogens is 492 g/mol. The van der Waals surface area contributed by atoms with Gasteiger partial charge in [0.1, 0.15) is 0 Å². The van der Waals surface area contributed by atoms with Crippen LogP contribution in [0, 0.1) is 0 Å². The van der Waals surface area contributed by atoms with Crippen LogP contribution in [0.25, 0.3) is 33.6 Å². The molecule has 0 bridgehead atoms. The lowest BCUT2D eigenvalue weighted by atomic mass is 10.0. The lowest BCUT2D eigenvalue weighted by molar-refractivity contribution is 1.23. The summed E-state index contributed by atoms with van der Waals surface area (Å²) in [6, 6.07) is 43.5. The number of benzene rings is 4. The van der Waals surface area contributed by atoms with Crippen molar-refractivity contribution in [1.82, 2.24) is 9.97 Å². The van der Waals surface area contributed by atoms with Crippen LogP contribution in [0.2, 0.25) is 0 Å². The lowest BCUT2D eigenvalue weighted by Gasteiger charge is -2.07. The van der Waals surface area contributed by atoms with E-state index in [1.54, 1.807) is 0 Å². The molecule has 0 saturated carbocycles. The molecule has 6 aromatic rings. The second-order valence-corrected chi connectivity index (χ2v) is 9.02. The highest BCUT2D eigenvalue weighted by Crippen LogP contribution is 2.29. The Labute approximate surface area is 232 Å². The topological polar surface area (TPSA) is 75.2 Å². The number of pyridine rings is 2. The van der Waals surface area contributed by atoms with Gasteiger partial charge < -0.3 is 0 Å². The molecule has 2 aromatic heterocycles. The van der Waals surface area contributed by atoms with Crippen LogP contribution in [0.15, 0.2) is 166 Å². The second kappa shape index (κ2) is 11.8. The van der Waals surface area contributed by atoms with Gasteiger partial charge in [0.2, 0.25) is 0 Å². The van der Waals surface area contributed by atoms with E-state index in [4.69, 9.17) is 0 Å². The van der Waals surface area contributed by atoms with Crippen LogP contribution >= 0.6 is 0 Å². The molecule has 0 aliphatic rings. The van der Waals surface area contributed by atoms with Crippen molar-refractivity contribution in [1.29, 1.82) is 0 Å². The number of azo groups is 2. The maximum Gasteiger partial charge on any atom is 0.0892 e. The minimum Gasteiger partial charge on any atom is -0.255 e. The Morgan fingerprint density at radius 3 is 1.05 bits per heavy atom. The van der Waals surface area contributed by atoms with Crippen LogP contribution in [0.1, 0.15) is 0 Å². The summed E-state index contributed by atoms with van der Waals surface area (Å²) in [4.78, 5) is 9.19. The highest BCUT2D eigenvalue weighted by molar-refractivity contribution is 5.73. The van der Waals surface area contributed by atoms with Crippen molar-refractivity contribution in [3.63, 3.8) is 0 Å². The van der Waals surface area contributed by atoms with Crippen LogP contribution < -0.4 is 0 Å². The average molecular weight is 517 g/mol. The summed E-state index contributed by atoms with van der Waals surface area (Å²) in [5.74, 6) is 0. The quantitative estimate of drug-likeness (QED) is 0.198. The summed E-state index contributed by atoms with van der Waals surface area (Å²) in [5, 5.41) is 17.3. The van der Waals surface area contributed by atoms with E-state index in [-0.39, 0.29) is 0 Å². The summed E-state index contributed by atoms with van der Waals surface area (Å²) in [7, 11) is 0. The van der Waals surface area contributed by atoms with Crippen LogP contribution in [-0.4, -0.2) is 9.97 Å². The van der Waals surface area contributed by atoms with Crippen LogP contribution in [0.5, 0.6) is 0 Å². The molecule has 40 heavy (non-hydrogen) atoms. The van der Waals surface area contributed by atoms with Gasteiger partial charge in [0.25, 0.3) is 0 Å². The van der Waals surface area contributed by atoms with Crippen molar-refractivity contribution in [2.45, 2.75) is 0 Å². The second-order valence-electron chi connectivity index (χ2n) is 9.02. The lowest BCUT2D eigenvalue weighted by Crippen LogP contribution is -1.89. The first kappa shape index (κ1) is 24.7. The first-order valence-corrected chi connectivity index (χ1v) is 12.9. The predicted octanol–water partition coefficient (Wildman–Crippen LogP) is 10.3. The van der Waals surface area contributed by atoms with Crippen molar-refractivity contribution in [2.75, 3.05) is 0 Å². The number of hydrogen-bond donors (Lipinski definition) is 0. The van der Waals surface area contributed by atoms with Crippen LogP contribution in [0.4, 0.5) is 22.7 Å². The molecule has 0 saturated heterocycles. The van der Waals surface area contributed by atoms with Gasteiger partial charge in [-0.3, -0.25) is 9.97 Å². The van der Waals surface area contributed by atoms with E-state index in [0.717, 1.165) is 56.4 Å². The molecule has 0 fully saturated rings. The van der Waals surface area contributed by atoms with E-state index in [2.05, 4.69) is 42.6 Å². The van der Waals surface area contributed by atoms with Crippen LogP contribution in [-0.2, 0) is 0 Å². The van der Waals surface area contributed by atoms with Crippen LogP contribution in [0.3, 0.4) is 0 Å². The van der Waals surface area contributed by atoms with Crippen molar-refractivity contribution in [3.8, 4) is 33.6 Å². The largest absolute Gasteiger partial charge is 0.255 e. The molecule has 0 amide bonds. The summed E-state index contributed by atoms with van der Waals surface area (Å²) in [5.41, 5.74) is 9.09. The fourth-order valence-electron chi connectivity index (χ4n) is 4.16. The normalized spacial score (nSPS) is 11.3. The van der Waals surface area contributed by atoms with Gasteiger partial charge in [-0.05, 0) is 95.1 Å². The molecule has 6 nitrogen and oxygen atoms in total. The maximum atomic E-state index is 4.59. The fraction of sp³-hybridized carbons (Fsp3) is 0. The minimum atomic E-state index is 0.795. The smallest absolute Gasteiger partial charge is 0.0892 e. The first-order chi connectivity index (χ1) is 19.8. The Kier molecular flexibility index (Phi) is 7.31. The van der Waals surface area contributed by atoms with Gasteiger partial charge in [-0.15, -0.1) is 0 Å². The van der Waals surface area contributed by atoms with E-state index >= 15 is 0 Å². The summed E-state index contributed by atoms with van der Waals surface area (Å²) in [6.45, 7) is 0. The summed E-state index contributed by atoms with van der Waals surface area (Å²) < 4.78 is 0. The number of hydrogen-bond acceptors (Lipinski definition) is 6. The Morgan fingerprint density at radius 2 is 0.675 bits per heavy atom. The summed E-state index contributed by atoms with van der Waals surface area (Å²) in [6.07, 6.45) is 3.63. The van der Waals surface area contributed by atoms with Crippen molar-refractivity contribution in [3.05, 3.63) is 146 Å². The van der Waals surface area contributed by atoms with Gasteiger partial charge in [-0.25, -0.2) is 0 Å². The Balaban J connectivity index is 1.19. The van der Waals surface area contributed by atoms with Gasteiger partial charge in [-0.2, -0.15) is 20.5 Å². The van der Waals surface area contributed by atoms with E-state index in [1.807, 2.05) is 134 Å². The molecule has 4 aromatic carbocycles. The Morgan fingerprint density at radius 1 is 0.325 bits per heavy atom. The van der Waals surface area contributed by atoms with Crippen molar-refractivity contribution < 1.29 is 0 Å². The van der Waals surface area contributed by atoms with E-state index in [9.17, 15) is 0 Å². The van der Waals surface area contributed by atoms with Gasteiger partial charge in [0.15, 0.2) is 0 Å². The van der Waals surface area contributed by atoms with Gasteiger partial charge in [0.05, 0.1) is 34.1 Å². The van der Waals surface area contributed by atoms with Crippen molar-refractivity contribution >= 4 is 22.7 Å². The summed E-state index contributed by atoms with van der Waals surface area (Å²) >= 11 is 0. The van der Waals surface area contributed by atoms with Gasteiger partial charge in [0, 0.05) is 12.4 Å². The third-order valence-corrected chi connectivity index (χ3v) is 6.26. The highest BCUT2D eigenvalue weighted by Gasteiger charge is 2.07. The maximum absolute atomic E-state index is 4.59. The number of rotatable bonds is 7. The monoisotopic (exact) mass is 516 g/mol. The molecule has 190 valence electrons. The van der Waals surface area contributed by atoms with Gasteiger partial charge >= 0.3 is 0 Å². The van der Waals surface area contributed by atoms with E-state index in [1.165, 1.54) is 0 Å². The van der Waals surface area contributed by atoms with E-state index < -0.39 is 0 Å². The van der Waals surface area contributed by atoms with Gasteiger partial charge in [-0.1, -0.05) is 60.7 Å². The average Bonchev–Trinajstić information content (AvgIpc) is 3.04. The number of aromatic nitrogens is 2. The predicted molar refractivity (Wildman–Crippen MR) is 160 cm³/mol. The molecule has 0 spiro atoms. The molecule has 6 rings (SSSR count). The zero-order valence-corrected chi connectivity index (χ0v) is 21.5. The highest BCUT2D eigenvalue weighted by atomic mass is 15.1. The Hall–Kier alpha value is -5.62.